The minimum absolute atomic E-state index is 0.105. The Kier molecular flexibility index (Phi) is 4.29. The summed E-state index contributed by atoms with van der Waals surface area (Å²) in [5.41, 5.74) is 4.92. The van der Waals surface area contributed by atoms with Gasteiger partial charge in [0.2, 0.25) is 0 Å². The lowest BCUT2D eigenvalue weighted by molar-refractivity contribution is 0.0786. The van der Waals surface area contributed by atoms with Crippen LogP contribution in [0.25, 0.3) is 11.3 Å². The molecular weight excluding hydrogens is 324 g/mol. The van der Waals surface area contributed by atoms with Gasteiger partial charge < -0.3 is 4.90 Å². The van der Waals surface area contributed by atoms with Crippen molar-refractivity contribution in [3.8, 4) is 11.3 Å². The molecule has 4 rings (SSSR count). The minimum atomic E-state index is 0.105. The summed E-state index contributed by atoms with van der Waals surface area (Å²) in [6.07, 6.45) is 2.87. The summed E-state index contributed by atoms with van der Waals surface area (Å²) in [4.78, 5) is 14.8. The second kappa shape index (κ2) is 6.75. The zero-order valence-corrected chi connectivity index (χ0v) is 15.1. The van der Waals surface area contributed by atoms with E-state index in [-0.39, 0.29) is 11.9 Å². The molecule has 0 unspecified atom stereocenters. The van der Waals surface area contributed by atoms with E-state index in [1.54, 1.807) is 0 Å². The zero-order valence-electron chi connectivity index (χ0n) is 15.1. The van der Waals surface area contributed by atoms with E-state index < -0.39 is 0 Å². The molecule has 1 aliphatic rings. The molecule has 2 aromatic carbocycles. The third-order valence-electron chi connectivity index (χ3n) is 5.02. The first kappa shape index (κ1) is 16.5. The molecule has 0 N–H and O–H groups in total. The number of nitrogens with zero attached hydrogens (tertiary/aromatic N) is 4. The second-order valence-corrected chi connectivity index (χ2v) is 6.96. The van der Waals surface area contributed by atoms with E-state index in [2.05, 4.69) is 16.4 Å². The Morgan fingerprint density at radius 3 is 2.69 bits per heavy atom. The van der Waals surface area contributed by atoms with Gasteiger partial charge >= 0.3 is 0 Å². The van der Waals surface area contributed by atoms with Crippen LogP contribution in [0.3, 0.4) is 0 Å². The molecule has 3 aromatic rings. The Morgan fingerprint density at radius 1 is 1.12 bits per heavy atom. The molecule has 0 bridgehead atoms. The lowest BCUT2D eigenvalue weighted by atomic mass is 10.0. The van der Waals surface area contributed by atoms with Crippen LogP contribution in [-0.4, -0.2) is 38.9 Å². The third kappa shape index (κ3) is 3.12. The van der Waals surface area contributed by atoms with Crippen molar-refractivity contribution in [2.24, 2.45) is 0 Å². The first-order chi connectivity index (χ1) is 12.6. The monoisotopic (exact) mass is 346 g/mol. The number of likely N-dealkylation sites (tertiary alicyclic amines) is 1. The molecule has 26 heavy (non-hydrogen) atoms. The number of carbonyl (C=O) groups excluding carboxylic acids is 1. The number of benzene rings is 2. The summed E-state index contributed by atoms with van der Waals surface area (Å²) < 4.78 is 1.90. The molecule has 0 saturated carbocycles. The molecule has 5 heteroatoms. The van der Waals surface area contributed by atoms with Crippen LogP contribution in [0.4, 0.5) is 0 Å². The highest BCUT2D eigenvalue weighted by Gasteiger charge is 2.29. The molecule has 0 radical (unpaired) electrons. The number of hydrogen-bond acceptors (Lipinski definition) is 3. The highest BCUT2D eigenvalue weighted by atomic mass is 16.2. The van der Waals surface area contributed by atoms with Gasteiger partial charge in [-0.15, -0.1) is 5.10 Å². The summed E-state index contributed by atoms with van der Waals surface area (Å²) >= 11 is 0. The van der Waals surface area contributed by atoms with Gasteiger partial charge in [-0.25, -0.2) is 4.68 Å². The first-order valence-electron chi connectivity index (χ1n) is 8.95. The van der Waals surface area contributed by atoms with Crippen LogP contribution >= 0.6 is 0 Å². The molecule has 0 spiro atoms. The van der Waals surface area contributed by atoms with Crippen LogP contribution in [0.15, 0.2) is 54.7 Å². The molecule has 5 nitrogen and oxygen atoms in total. The predicted octanol–water partition coefficient (Wildman–Crippen LogP) is 3.65. The number of aryl methyl sites for hydroxylation is 2. The van der Waals surface area contributed by atoms with E-state index in [4.69, 9.17) is 0 Å². The Morgan fingerprint density at radius 2 is 1.92 bits per heavy atom. The van der Waals surface area contributed by atoms with Gasteiger partial charge in [0.15, 0.2) is 0 Å². The topological polar surface area (TPSA) is 51.0 Å². The van der Waals surface area contributed by atoms with E-state index in [1.165, 1.54) is 5.56 Å². The smallest absolute Gasteiger partial charge is 0.254 e. The maximum absolute atomic E-state index is 12.9. The molecule has 1 atom stereocenters. The van der Waals surface area contributed by atoms with Gasteiger partial charge in [-0.2, -0.15) is 0 Å². The lowest BCUT2D eigenvalue weighted by Crippen LogP contribution is -2.29. The number of hydrogen-bond donors (Lipinski definition) is 0. The third-order valence-corrected chi connectivity index (χ3v) is 5.02. The highest BCUT2D eigenvalue weighted by molar-refractivity contribution is 5.95. The second-order valence-electron chi connectivity index (χ2n) is 6.96. The molecule has 1 fully saturated rings. The van der Waals surface area contributed by atoms with E-state index in [0.29, 0.717) is 6.54 Å². The van der Waals surface area contributed by atoms with Gasteiger partial charge in [-0.1, -0.05) is 53.2 Å². The van der Waals surface area contributed by atoms with Gasteiger partial charge in [0.05, 0.1) is 12.2 Å². The quantitative estimate of drug-likeness (QED) is 0.727. The van der Waals surface area contributed by atoms with Gasteiger partial charge in [0.25, 0.3) is 5.91 Å². The first-order valence-corrected chi connectivity index (χ1v) is 8.95. The van der Waals surface area contributed by atoms with Gasteiger partial charge in [-0.3, -0.25) is 4.79 Å². The Hall–Kier alpha value is -2.95. The highest BCUT2D eigenvalue weighted by Crippen LogP contribution is 2.25. The fraction of sp³-hybridized carbons (Fsp3) is 0.286. The molecule has 2 heterocycles. The Bertz CT molecular complexity index is 932. The van der Waals surface area contributed by atoms with Crippen LogP contribution in [0, 0.1) is 13.8 Å². The summed E-state index contributed by atoms with van der Waals surface area (Å²) in [5.74, 6) is 0.105. The molecule has 1 aromatic heterocycles. The summed E-state index contributed by atoms with van der Waals surface area (Å²) in [6, 6.07) is 16.2. The largest absolute Gasteiger partial charge is 0.336 e. The standard InChI is InChI=1S/C21H22N4O/c1-15-8-9-19(16(2)12-15)21(26)24-11-10-18(13-24)25-14-20(22-23-25)17-6-4-3-5-7-17/h3-9,12,14,18H,10-11,13H2,1-2H3/t18-/m1/s1. The van der Waals surface area contributed by atoms with E-state index in [1.807, 2.05) is 72.1 Å². The fourth-order valence-corrected chi connectivity index (χ4v) is 3.56. The molecule has 1 aliphatic heterocycles. The van der Waals surface area contributed by atoms with Crippen LogP contribution in [0.5, 0.6) is 0 Å². The number of amides is 1. The van der Waals surface area contributed by atoms with E-state index >= 15 is 0 Å². The maximum atomic E-state index is 12.9. The Balaban J connectivity index is 1.49. The van der Waals surface area contributed by atoms with Crippen LogP contribution in [-0.2, 0) is 0 Å². The van der Waals surface area contributed by atoms with Gasteiger partial charge in [0.1, 0.15) is 5.69 Å². The predicted molar refractivity (Wildman–Crippen MR) is 101 cm³/mol. The van der Waals surface area contributed by atoms with Crippen molar-refractivity contribution in [2.45, 2.75) is 26.3 Å². The molecule has 132 valence electrons. The molecule has 0 aliphatic carbocycles. The fourth-order valence-electron chi connectivity index (χ4n) is 3.56. The molecule has 1 saturated heterocycles. The molecular formula is C21H22N4O. The van der Waals surface area contributed by atoms with Gasteiger partial charge in [-0.05, 0) is 31.9 Å². The molecule has 1 amide bonds. The van der Waals surface area contributed by atoms with Crippen molar-refractivity contribution < 1.29 is 4.79 Å². The van der Waals surface area contributed by atoms with Crippen molar-refractivity contribution in [2.75, 3.05) is 13.1 Å². The van der Waals surface area contributed by atoms with Gasteiger partial charge in [0, 0.05) is 24.2 Å². The zero-order chi connectivity index (χ0) is 18.1. The maximum Gasteiger partial charge on any atom is 0.254 e. The van der Waals surface area contributed by atoms with E-state index in [9.17, 15) is 4.79 Å². The number of aromatic nitrogens is 3. The number of carbonyl (C=O) groups is 1. The van der Waals surface area contributed by atoms with E-state index in [0.717, 1.165) is 35.3 Å². The van der Waals surface area contributed by atoms with Crippen LogP contribution < -0.4 is 0 Å². The SMILES string of the molecule is Cc1ccc(C(=O)N2CC[C@@H](n3cc(-c4ccccc4)nn3)C2)c(C)c1. The summed E-state index contributed by atoms with van der Waals surface area (Å²) in [5, 5.41) is 8.59. The summed E-state index contributed by atoms with van der Waals surface area (Å²) in [6.45, 7) is 5.46. The van der Waals surface area contributed by atoms with Crippen molar-refractivity contribution >= 4 is 5.91 Å². The van der Waals surface area contributed by atoms with Crippen LogP contribution in [0.1, 0.15) is 33.9 Å². The van der Waals surface area contributed by atoms with Crippen LogP contribution in [0.2, 0.25) is 0 Å². The summed E-state index contributed by atoms with van der Waals surface area (Å²) in [7, 11) is 0. The van der Waals surface area contributed by atoms with Crippen molar-refractivity contribution in [1.29, 1.82) is 0 Å². The van der Waals surface area contributed by atoms with Crippen molar-refractivity contribution in [3.63, 3.8) is 0 Å². The average molecular weight is 346 g/mol. The van der Waals surface area contributed by atoms with Crippen molar-refractivity contribution in [3.05, 3.63) is 71.4 Å². The normalized spacial score (nSPS) is 16.8. The van der Waals surface area contributed by atoms with Crippen molar-refractivity contribution in [1.82, 2.24) is 19.9 Å². The lowest BCUT2D eigenvalue weighted by Gasteiger charge is -2.18. The average Bonchev–Trinajstić information content (AvgIpc) is 3.31. The Labute approximate surface area is 153 Å². The minimum Gasteiger partial charge on any atom is -0.336 e. The number of rotatable bonds is 3.